The third kappa shape index (κ3) is 4.56. The van der Waals surface area contributed by atoms with Crippen LogP contribution in [0.2, 0.25) is 0 Å². The number of sulfonamides is 1. The Bertz CT molecular complexity index is 557. The molecule has 1 heterocycles. The van der Waals surface area contributed by atoms with Gasteiger partial charge in [-0.3, -0.25) is 0 Å². The van der Waals surface area contributed by atoms with Gasteiger partial charge in [0.15, 0.2) is 0 Å². The first-order chi connectivity index (χ1) is 9.96. The molecule has 0 spiro atoms. The quantitative estimate of drug-likeness (QED) is 0.735. The number of hydrogen-bond acceptors (Lipinski definition) is 4. The van der Waals surface area contributed by atoms with E-state index in [4.69, 9.17) is 4.42 Å². The highest BCUT2D eigenvalue weighted by atomic mass is 32.2. The van der Waals surface area contributed by atoms with Crippen molar-refractivity contribution >= 4 is 10.0 Å². The standard InChI is InChI=1S/C15H26N2O3S/c1-4-12(5-2)9-17-21(18,19)15-8-14(20-11(15)3)10-16-13-6-7-13/h8,12-13,16-17H,4-7,9-10H2,1-3H3. The van der Waals surface area contributed by atoms with E-state index < -0.39 is 10.0 Å². The Balaban J connectivity index is 2.00. The predicted molar refractivity (Wildman–Crippen MR) is 82.6 cm³/mol. The Labute approximate surface area is 127 Å². The van der Waals surface area contributed by atoms with E-state index >= 15 is 0 Å². The summed E-state index contributed by atoms with van der Waals surface area (Å²) in [5.41, 5.74) is 0. The van der Waals surface area contributed by atoms with Crippen molar-refractivity contribution < 1.29 is 12.8 Å². The van der Waals surface area contributed by atoms with Gasteiger partial charge in [0.05, 0.1) is 6.54 Å². The molecule has 1 aromatic heterocycles. The monoisotopic (exact) mass is 314 g/mol. The van der Waals surface area contributed by atoms with Crippen molar-refractivity contribution in [3.63, 3.8) is 0 Å². The molecule has 1 aliphatic rings. The van der Waals surface area contributed by atoms with Gasteiger partial charge in [-0.15, -0.1) is 0 Å². The fourth-order valence-corrected chi connectivity index (χ4v) is 3.61. The van der Waals surface area contributed by atoms with Gasteiger partial charge in [-0.1, -0.05) is 26.7 Å². The Kier molecular flexibility index (Phi) is 5.46. The largest absolute Gasteiger partial charge is 0.464 e. The van der Waals surface area contributed by atoms with Gasteiger partial charge in [0.25, 0.3) is 0 Å². The zero-order valence-corrected chi connectivity index (χ0v) is 13.9. The molecule has 0 saturated heterocycles. The average molecular weight is 314 g/mol. The molecule has 0 aromatic carbocycles. The molecular weight excluding hydrogens is 288 g/mol. The average Bonchev–Trinajstić information content (AvgIpc) is 3.19. The van der Waals surface area contributed by atoms with Crippen molar-refractivity contribution in [2.45, 2.75) is 63.9 Å². The van der Waals surface area contributed by atoms with Crippen LogP contribution in [0.5, 0.6) is 0 Å². The molecular formula is C15H26N2O3S. The van der Waals surface area contributed by atoms with Crippen molar-refractivity contribution in [3.8, 4) is 0 Å². The first-order valence-electron chi connectivity index (χ1n) is 7.78. The Morgan fingerprint density at radius 1 is 1.33 bits per heavy atom. The highest BCUT2D eigenvalue weighted by Gasteiger charge is 2.24. The van der Waals surface area contributed by atoms with E-state index in [0.717, 1.165) is 12.8 Å². The van der Waals surface area contributed by atoms with Gasteiger partial charge in [-0.2, -0.15) is 0 Å². The second-order valence-corrected chi connectivity index (χ2v) is 7.56. The maximum atomic E-state index is 12.4. The van der Waals surface area contributed by atoms with Crippen LogP contribution in [0.25, 0.3) is 0 Å². The van der Waals surface area contributed by atoms with Crippen LogP contribution in [0.15, 0.2) is 15.4 Å². The summed E-state index contributed by atoms with van der Waals surface area (Å²) in [6.45, 7) is 6.93. The molecule has 0 atom stereocenters. The van der Waals surface area contributed by atoms with Crippen LogP contribution in [0.4, 0.5) is 0 Å². The molecule has 2 rings (SSSR count). The number of rotatable bonds is 9. The molecule has 120 valence electrons. The molecule has 6 heteroatoms. The molecule has 0 amide bonds. The highest BCUT2D eigenvalue weighted by Crippen LogP contribution is 2.23. The number of aryl methyl sites for hydroxylation is 1. The summed E-state index contributed by atoms with van der Waals surface area (Å²) < 4.78 is 33.0. The number of hydrogen-bond donors (Lipinski definition) is 2. The summed E-state index contributed by atoms with van der Waals surface area (Å²) in [7, 11) is -3.48. The van der Waals surface area contributed by atoms with Gasteiger partial charge in [0.2, 0.25) is 10.0 Å². The molecule has 1 saturated carbocycles. The molecule has 2 N–H and O–H groups in total. The molecule has 1 aromatic rings. The molecule has 0 unspecified atom stereocenters. The van der Waals surface area contributed by atoms with Crippen LogP contribution in [0, 0.1) is 12.8 Å². The Morgan fingerprint density at radius 3 is 2.57 bits per heavy atom. The summed E-state index contributed by atoms with van der Waals surface area (Å²) >= 11 is 0. The summed E-state index contributed by atoms with van der Waals surface area (Å²) in [6.07, 6.45) is 4.34. The van der Waals surface area contributed by atoms with Crippen LogP contribution in [-0.2, 0) is 16.6 Å². The van der Waals surface area contributed by atoms with Crippen LogP contribution in [0.1, 0.15) is 51.1 Å². The van der Waals surface area contributed by atoms with Crippen molar-refractivity contribution in [1.82, 2.24) is 10.0 Å². The lowest BCUT2D eigenvalue weighted by Crippen LogP contribution is -2.29. The van der Waals surface area contributed by atoms with Crippen LogP contribution in [-0.4, -0.2) is 21.0 Å². The lowest BCUT2D eigenvalue weighted by atomic mass is 10.0. The highest BCUT2D eigenvalue weighted by molar-refractivity contribution is 7.89. The van der Waals surface area contributed by atoms with E-state index in [1.54, 1.807) is 13.0 Å². The van der Waals surface area contributed by atoms with Crippen LogP contribution < -0.4 is 10.0 Å². The van der Waals surface area contributed by atoms with Gasteiger partial charge in [0.1, 0.15) is 16.4 Å². The van der Waals surface area contributed by atoms with E-state index in [2.05, 4.69) is 23.9 Å². The normalized spacial score (nSPS) is 15.8. The second kappa shape index (κ2) is 6.94. The third-order valence-corrected chi connectivity index (χ3v) is 5.60. The van der Waals surface area contributed by atoms with Crippen molar-refractivity contribution in [2.24, 2.45) is 5.92 Å². The van der Waals surface area contributed by atoms with Gasteiger partial charge in [-0.25, -0.2) is 13.1 Å². The minimum absolute atomic E-state index is 0.265. The predicted octanol–water partition coefficient (Wildman–Crippen LogP) is 2.55. The molecule has 0 radical (unpaired) electrons. The van der Waals surface area contributed by atoms with Gasteiger partial charge < -0.3 is 9.73 Å². The molecule has 1 aliphatic carbocycles. The van der Waals surface area contributed by atoms with Crippen molar-refractivity contribution in [2.75, 3.05) is 6.54 Å². The maximum absolute atomic E-state index is 12.4. The zero-order valence-electron chi connectivity index (χ0n) is 13.1. The van der Waals surface area contributed by atoms with E-state index in [-0.39, 0.29) is 4.90 Å². The Hall–Kier alpha value is -0.850. The lowest BCUT2D eigenvalue weighted by Gasteiger charge is -2.13. The smallest absolute Gasteiger partial charge is 0.244 e. The van der Waals surface area contributed by atoms with E-state index in [9.17, 15) is 8.42 Å². The van der Waals surface area contributed by atoms with E-state index in [0.29, 0.717) is 36.6 Å². The second-order valence-electron chi connectivity index (χ2n) is 5.82. The summed E-state index contributed by atoms with van der Waals surface area (Å²) in [6, 6.07) is 2.21. The SMILES string of the molecule is CCC(CC)CNS(=O)(=O)c1cc(CNC2CC2)oc1C. The van der Waals surface area contributed by atoms with Gasteiger partial charge in [-0.05, 0) is 25.7 Å². The topological polar surface area (TPSA) is 71.3 Å². The fourth-order valence-electron chi connectivity index (χ4n) is 2.29. The first kappa shape index (κ1) is 16.5. The lowest BCUT2D eigenvalue weighted by molar-refractivity contribution is 0.455. The summed E-state index contributed by atoms with van der Waals surface area (Å²) in [5.74, 6) is 1.52. The zero-order chi connectivity index (χ0) is 15.5. The van der Waals surface area contributed by atoms with E-state index in [1.165, 1.54) is 12.8 Å². The van der Waals surface area contributed by atoms with Crippen LogP contribution >= 0.6 is 0 Å². The van der Waals surface area contributed by atoms with Gasteiger partial charge >= 0.3 is 0 Å². The van der Waals surface area contributed by atoms with Crippen molar-refractivity contribution in [3.05, 3.63) is 17.6 Å². The maximum Gasteiger partial charge on any atom is 0.244 e. The minimum Gasteiger partial charge on any atom is -0.464 e. The van der Waals surface area contributed by atoms with Gasteiger partial charge in [0, 0.05) is 18.7 Å². The molecule has 0 bridgehead atoms. The van der Waals surface area contributed by atoms with Crippen molar-refractivity contribution in [1.29, 1.82) is 0 Å². The molecule has 0 aliphatic heterocycles. The molecule has 1 fully saturated rings. The summed E-state index contributed by atoms with van der Waals surface area (Å²) in [4.78, 5) is 0.265. The van der Waals surface area contributed by atoms with E-state index in [1.807, 2.05) is 0 Å². The Morgan fingerprint density at radius 2 is 2.00 bits per heavy atom. The fraction of sp³-hybridized carbons (Fsp3) is 0.733. The minimum atomic E-state index is -3.48. The van der Waals surface area contributed by atoms with Crippen LogP contribution in [0.3, 0.4) is 0 Å². The molecule has 5 nitrogen and oxygen atoms in total. The first-order valence-corrected chi connectivity index (χ1v) is 9.27. The molecule has 21 heavy (non-hydrogen) atoms. The number of nitrogens with one attached hydrogen (secondary N) is 2. The summed E-state index contributed by atoms with van der Waals surface area (Å²) in [5, 5.41) is 3.32. The number of furan rings is 1. The third-order valence-electron chi connectivity index (χ3n) is 4.07.